The lowest BCUT2D eigenvalue weighted by atomic mass is 9.99. The summed E-state index contributed by atoms with van der Waals surface area (Å²) in [6.45, 7) is 2.96. The number of carbonyl (C=O) groups is 3. The van der Waals surface area contributed by atoms with E-state index < -0.39 is 23.4 Å². The van der Waals surface area contributed by atoms with Gasteiger partial charge in [-0.1, -0.05) is 23.7 Å². The van der Waals surface area contributed by atoms with Crippen LogP contribution in [0.1, 0.15) is 13.8 Å². The van der Waals surface area contributed by atoms with Crippen molar-refractivity contribution in [3.63, 3.8) is 0 Å². The minimum atomic E-state index is -1.11. The number of imide groups is 1. The number of anilines is 1. The standard InChI is InChI=1S/C13H14ClN3O3/c1-13(2)11(19)16-10(18)7-17(13)12(20)15-9-6-4-3-5-8(9)14/h3-6H,7H2,1-2H3,(H,15,20)(H,16,18,19). The summed E-state index contributed by atoms with van der Waals surface area (Å²) < 4.78 is 0. The Morgan fingerprint density at radius 2 is 2.00 bits per heavy atom. The molecule has 0 atom stereocenters. The number of piperazine rings is 1. The quantitative estimate of drug-likeness (QED) is 0.773. The predicted octanol–water partition coefficient (Wildman–Crippen LogP) is 1.61. The molecule has 0 radical (unpaired) electrons. The molecular weight excluding hydrogens is 282 g/mol. The van der Waals surface area contributed by atoms with Gasteiger partial charge in [0.05, 0.1) is 10.7 Å². The van der Waals surface area contributed by atoms with Crippen LogP contribution < -0.4 is 10.6 Å². The third-order valence-electron chi connectivity index (χ3n) is 3.15. The maximum absolute atomic E-state index is 12.3. The molecular formula is C13H14ClN3O3. The largest absolute Gasteiger partial charge is 0.323 e. The third kappa shape index (κ3) is 2.60. The molecule has 1 aromatic carbocycles. The number of carbonyl (C=O) groups excluding carboxylic acids is 3. The molecule has 1 fully saturated rings. The molecule has 2 N–H and O–H groups in total. The van der Waals surface area contributed by atoms with Gasteiger partial charge in [0, 0.05) is 0 Å². The summed E-state index contributed by atoms with van der Waals surface area (Å²) in [5.41, 5.74) is -0.687. The van der Waals surface area contributed by atoms with E-state index >= 15 is 0 Å². The predicted molar refractivity (Wildman–Crippen MR) is 74.4 cm³/mol. The number of nitrogens with one attached hydrogen (secondary N) is 2. The van der Waals surface area contributed by atoms with Crippen LogP contribution in [0.25, 0.3) is 0 Å². The summed E-state index contributed by atoms with van der Waals surface area (Å²) in [4.78, 5) is 36.6. The second kappa shape index (κ2) is 5.13. The van der Waals surface area contributed by atoms with Gasteiger partial charge in [-0.05, 0) is 26.0 Å². The lowest BCUT2D eigenvalue weighted by Crippen LogP contribution is -2.66. The number of para-hydroxylation sites is 1. The number of rotatable bonds is 1. The molecule has 106 valence electrons. The van der Waals surface area contributed by atoms with E-state index in [1.807, 2.05) is 0 Å². The van der Waals surface area contributed by atoms with E-state index in [-0.39, 0.29) is 6.54 Å². The fourth-order valence-electron chi connectivity index (χ4n) is 1.85. The molecule has 0 bridgehead atoms. The van der Waals surface area contributed by atoms with Crippen molar-refractivity contribution in [3.05, 3.63) is 29.3 Å². The Balaban J connectivity index is 2.22. The number of halogens is 1. The molecule has 7 heteroatoms. The highest BCUT2D eigenvalue weighted by atomic mass is 35.5. The first-order valence-electron chi connectivity index (χ1n) is 6.00. The first-order valence-corrected chi connectivity index (χ1v) is 6.37. The average molecular weight is 296 g/mol. The van der Waals surface area contributed by atoms with E-state index in [1.165, 1.54) is 4.90 Å². The van der Waals surface area contributed by atoms with Gasteiger partial charge >= 0.3 is 6.03 Å². The van der Waals surface area contributed by atoms with Crippen molar-refractivity contribution in [3.8, 4) is 0 Å². The van der Waals surface area contributed by atoms with Gasteiger partial charge in [-0.25, -0.2) is 4.79 Å². The SMILES string of the molecule is CC1(C)C(=O)NC(=O)CN1C(=O)Nc1ccccc1Cl. The second-order valence-corrected chi connectivity index (χ2v) is 5.34. The maximum atomic E-state index is 12.3. The second-order valence-electron chi connectivity index (χ2n) is 4.93. The van der Waals surface area contributed by atoms with Crippen molar-refractivity contribution in [1.29, 1.82) is 0 Å². The molecule has 4 amide bonds. The number of amides is 4. The zero-order valence-electron chi connectivity index (χ0n) is 11.1. The molecule has 1 aliphatic rings. The monoisotopic (exact) mass is 295 g/mol. The average Bonchev–Trinajstić information content (AvgIpc) is 2.37. The number of nitrogens with zero attached hydrogens (tertiary/aromatic N) is 1. The summed E-state index contributed by atoms with van der Waals surface area (Å²) in [5, 5.41) is 5.18. The van der Waals surface area contributed by atoms with Gasteiger partial charge in [0.1, 0.15) is 12.1 Å². The Kier molecular flexibility index (Phi) is 3.67. The van der Waals surface area contributed by atoms with Crippen LogP contribution in [-0.4, -0.2) is 34.8 Å². The van der Waals surface area contributed by atoms with Crippen LogP contribution in [0, 0.1) is 0 Å². The molecule has 1 heterocycles. The molecule has 1 aliphatic heterocycles. The smallest absolute Gasteiger partial charge is 0.306 e. The van der Waals surface area contributed by atoms with E-state index in [0.29, 0.717) is 10.7 Å². The molecule has 20 heavy (non-hydrogen) atoms. The van der Waals surface area contributed by atoms with Crippen LogP contribution in [0.4, 0.5) is 10.5 Å². The van der Waals surface area contributed by atoms with E-state index in [4.69, 9.17) is 11.6 Å². The zero-order valence-corrected chi connectivity index (χ0v) is 11.8. The summed E-state index contributed by atoms with van der Waals surface area (Å²) in [6, 6.07) is 6.18. The minimum absolute atomic E-state index is 0.185. The Bertz CT molecular complexity index is 586. The van der Waals surface area contributed by atoms with Gasteiger partial charge in [-0.3, -0.25) is 14.9 Å². The van der Waals surface area contributed by atoms with Crippen LogP contribution in [0.3, 0.4) is 0 Å². The molecule has 0 aromatic heterocycles. The maximum Gasteiger partial charge on any atom is 0.323 e. The molecule has 2 rings (SSSR count). The van der Waals surface area contributed by atoms with Crippen LogP contribution >= 0.6 is 11.6 Å². The fraction of sp³-hybridized carbons (Fsp3) is 0.308. The van der Waals surface area contributed by atoms with Crippen LogP contribution in [0.5, 0.6) is 0 Å². The van der Waals surface area contributed by atoms with Crippen LogP contribution in [0.2, 0.25) is 5.02 Å². The van der Waals surface area contributed by atoms with Crippen molar-refractivity contribution in [2.24, 2.45) is 0 Å². The molecule has 6 nitrogen and oxygen atoms in total. The van der Waals surface area contributed by atoms with Gasteiger partial charge in [0.2, 0.25) is 5.91 Å². The Labute approximate surface area is 121 Å². The number of hydrogen-bond donors (Lipinski definition) is 2. The fourth-order valence-corrected chi connectivity index (χ4v) is 2.04. The number of benzene rings is 1. The minimum Gasteiger partial charge on any atom is -0.306 e. The molecule has 0 saturated carbocycles. The van der Waals surface area contributed by atoms with Gasteiger partial charge in [-0.15, -0.1) is 0 Å². The number of urea groups is 1. The van der Waals surface area contributed by atoms with E-state index in [0.717, 1.165) is 0 Å². The van der Waals surface area contributed by atoms with Crippen molar-refractivity contribution in [2.75, 3.05) is 11.9 Å². The normalized spacial score (nSPS) is 17.6. The van der Waals surface area contributed by atoms with Crippen LogP contribution in [-0.2, 0) is 9.59 Å². The summed E-state index contributed by atoms with van der Waals surface area (Å²) >= 11 is 5.96. The van der Waals surface area contributed by atoms with Gasteiger partial charge in [-0.2, -0.15) is 0 Å². The van der Waals surface area contributed by atoms with Crippen LogP contribution in [0.15, 0.2) is 24.3 Å². The Hall–Kier alpha value is -2.08. The van der Waals surface area contributed by atoms with Crippen molar-refractivity contribution in [2.45, 2.75) is 19.4 Å². The summed E-state index contributed by atoms with van der Waals surface area (Å²) in [5.74, 6) is -1.02. The lowest BCUT2D eigenvalue weighted by Gasteiger charge is -2.39. The highest BCUT2D eigenvalue weighted by molar-refractivity contribution is 6.33. The third-order valence-corrected chi connectivity index (χ3v) is 3.48. The van der Waals surface area contributed by atoms with E-state index in [2.05, 4.69) is 10.6 Å². The molecule has 0 unspecified atom stereocenters. The molecule has 0 spiro atoms. The van der Waals surface area contributed by atoms with Crippen molar-refractivity contribution < 1.29 is 14.4 Å². The Morgan fingerprint density at radius 1 is 1.35 bits per heavy atom. The zero-order chi connectivity index (χ0) is 14.9. The van der Waals surface area contributed by atoms with E-state index in [1.54, 1.807) is 38.1 Å². The Morgan fingerprint density at radius 3 is 2.65 bits per heavy atom. The molecule has 1 saturated heterocycles. The highest BCUT2D eigenvalue weighted by Gasteiger charge is 2.43. The van der Waals surface area contributed by atoms with Crippen molar-refractivity contribution in [1.82, 2.24) is 10.2 Å². The van der Waals surface area contributed by atoms with Crippen molar-refractivity contribution >= 4 is 35.1 Å². The first kappa shape index (κ1) is 14.3. The summed E-state index contributed by atoms with van der Waals surface area (Å²) in [6.07, 6.45) is 0. The van der Waals surface area contributed by atoms with Gasteiger partial charge < -0.3 is 10.2 Å². The highest BCUT2D eigenvalue weighted by Crippen LogP contribution is 2.23. The summed E-state index contributed by atoms with van der Waals surface area (Å²) in [7, 11) is 0. The number of hydrogen-bond acceptors (Lipinski definition) is 3. The van der Waals surface area contributed by atoms with E-state index in [9.17, 15) is 14.4 Å². The molecule has 0 aliphatic carbocycles. The topological polar surface area (TPSA) is 78.5 Å². The lowest BCUT2D eigenvalue weighted by molar-refractivity contribution is -0.142. The molecule has 1 aromatic rings. The van der Waals surface area contributed by atoms with Gasteiger partial charge in [0.15, 0.2) is 0 Å². The van der Waals surface area contributed by atoms with Gasteiger partial charge in [0.25, 0.3) is 5.91 Å². The first-order chi connectivity index (χ1) is 9.32.